The van der Waals surface area contributed by atoms with Gasteiger partial charge >= 0.3 is 0 Å². The van der Waals surface area contributed by atoms with Gasteiger partial charge in [0, 0.05) is 12.2 Å². The second kappa shape index (κ2) is 7.74. The summed E-state index contributed by atoms with van der Waals surface area (Å²) < 4.78 is 32.2. The third kappa shape index (κ3) is 4.53. The van der Waals surface area contributed by atoms with Crippen molar-refractivity contribution in [1.29, 1.82) is 0 Å². The summed E-state index contributed by atoms with van der Waals surface area (Å²) in [6, 6.07) is 9.18. The molecule has 0 radical (unpaired) electrons. The van der Waals surface area contributed by atoms with E-state index in [0.29, 0.717) is 18.7 Å². The van der Waals surface area contributed by atoms with Crippen molar-refractivity contribution in [3.05, 3.63) is 47.0 Å². The number of nitrogens with one attached hydrogen (secondary N) is 1. The molecule has 8 heteroatoms. The Labute approximate surface area is 146 Å². The maximum Gasteiger partial charge on any atom is 0.240 e. The van der Waals surface area contributed by atoms with E-state index in [4.69, 9.17) is 22.1 Å². The van der Waals surface area contributed by atoms with Crippen molar-refractivity contribution in [1.82, 2.24) is 4.72 Å². The summed E-state index contributed by atoms with van der Waals surface area (Å²) in [6.07, 6.45) is 0.397. The van der Waals surface area contributed by atoms with Crippen molar-refractivity contribution in [2.45, 2.75) is 18.2 Å². The molecule has 0 saturated heterocycles. The van der Waals surface area contributed by atoms with Crippen LogP contribution in [0.4, 0.5) is 5.69 Å². The molecule has 0 heterocycles. The SMILES string of the molecule is CCOc1cc(CCNS(=O)(=O)c2ccc(N)cc2)cc(Cl)c1O. The van der Waals surface area contributed by atoms with Crippen LogP contribution >= 0.6 is 11.6 Å². The number of rotatable bonds is 7. The molecule has 2 aromatic rings. The highest BCUT2D eigenvalue weighted by molar-refractivity contribution is 7.89. The van der Waals surface area contributed by atoms with Gasteiger partial charge in [-0.25, -0.2) is 13.1 Å². The Bertz CT molecular complexity index is 808. The molecule has 6 nitrogen and oxygen atoms in total. The largest absolute Gasteiger partial charge is 0.503 e. The van der Waals surface area contributed by atoms with Crippen molar-refractivity contribution in [2.75, 3.05) is 18.9 Å². The Balaban J connectivity index is 2.05. The lowest BCUT2D eigenvalue weighted by atomic mass is 10.1. The molecule has 0 fully saturated rings. The van der Waals surface area contributed by atoms with Gasteiger partial charge in [0.1, 0.15) is 0 Å². The van der Waals surface area contributed by atoms with Gasteiger partial charge in [0.2, 0.25) is 10.0 Å². The summed E-state index contributed by atoms with van der Waals surface area (Å²) in [7, 11) is -3.60. The first-order valence-electron chi connectivity index (χ1n) is 7.33. The minimum Gasteiger partial charge on any atom is -0.503 e. The van der Waals surface area contributed by atoms with Crippen molar-refractivity contribution >= 4 is 27.3 Å². The molecular formula is C16H19ClN2O4S. The highest BCUT2D eigenvalue weighted by atomic mass is 35.5. The maximum absolute atomic E-state index is 12.2. The number of phenols is 1. The summed E-state index contributed by atoms with van der Waals surface area (Å²) in [5.41, 5.74) is 6.80. The third-order valence-corrected chi connectivity index (χ3v) is 5.05. The first kappa shape index (κ1) is 18.4. The predicted molar refractivity (Wildman–Crippen MR) is 94.0 cm³/mol. The van der Waals surface area contributed by atoms with Gasteiger partial charge in [-0.15, -0.1) is 0 Å². The Morgan fingerprint density at radius 3 is 2.54 bits per heavy atom. The number of benzene rings is 2. The first-order valence-corrected chi connectivity index (χ1v) is 9.19. The summed E-state index contributed by atoms with van der Waals surface area (Å²) in [5, 5.41) is 9.96. The van der Waals surface area contributed by atoms with E-state index in [1.807, 2.05) is 0 Å². The Kier molecular flexibility index (Phi) is 5.93. The van der Waals surface area contributed by atoms with E-state index >= 15 is 0 Å². The van der Waals surface area contributed by atoms with Crippen LogP contribution in [0, 0.1) is 0 Å². The quantitative estimate of drug-likeness (QED) is 0.650. The van der Waals surface area contributed by atoms with Crippen LogP contribution < -0.4 is 15.2 Å². The fourth-order valence-electron chi connectivity index (χ4n) is 2.10. The topological polar surface area (TPSA) is 102 Å². The minimum absolute atomic E-state index is 0.121. The van der Waals surface area contributed by atoms with Crippen LogP contribution in [0.5, 0.6) is 11.5 Å². The molecule has 4 N–H and O–H groups in total. The van der Waals surface area contributed by atoms with Gasteiger partial charge < -0.3 is 15.6 Å². The van der Waals surface area contributed by atoms with E-state index in [-0.39, 0.29) is 28.0 Å². The molecule has 24 heavy (non-hydrogen) atoms. The van der Waals surface area contributed by atoms with E-state index in [0.717, 1.165) is 5.56 Å². The highest BCUT2D eigenvalue weighted by Gasteiger charge is 2.14. The van der Waals surface area contributed by atoms with Crippen LogP contribution in [-0.2, 0) is 16.4 Å². The zero-order valence-electron chi connectivity index (χ0n) is 13.1. The van der Waals surface area contributed by atoms with Crippen molar-refractivity contribution in [2.24, 2.45) is 0 Å². The molecule has 0 saturated carbocycles. The molecule has 0 aliphatic carbocycles. The number of phenolic OH excluding ortho intramolecular Hbond substituents is 1. The Morgan fingerprint density at radius 2 is 1.92 bits per heavy atom. The average molecular weight is 371 g/mol. The van der Waals surface area contributed by atoms with Crippen LogP contribution in [0.3, 0.4) is 0 Å². The number of hydrogen-bond donors (Lipinski definition) is 3. The molecule has 0 bridgehead atoms. The first-order chi connectivity index (χ1) is 11.3. The van der Waals surface area contributed by atoms with Crippen molar-refractivity contribution < 1.29 is 18.3 Å². The van der Waals surface area contributed by atoms with Crippen molar-refractivity contribution in [3.8, 4) is 11.5 Å². The third-order valence-electron chi connectivity index (χ3n) is 3.28. The average Bonchev–Trinajstić information content (AvgIpc) is 2.52. The van der Waals surface area contributed by atoms with E-state index < -0.39 is 10.0 Å². The number of nitrogen functional groups attached to an aromatic ring is 1. The summed E-state index contributed by atoms with van der Waals surface area (Å²) >= 11 is 5.95. The van der Waals surface area contributed by atoms with Gasteiger partial charge in [0.15, 0.2) is 11.5 Å². The monoisotopic (exact) mass is 370 g/mol. The number of aromatic hydroxyl groups is 1. The summed E-state index contributed by atoms with van der Waals surface area (Å²) in [6.45, 7) is 2.36. The minimum atomic E-state index is -3.60. The van der Waals surface area contributed by atoms with Gasteiger partial charge in [-0.05, 0) is 55.3 Å². The van der Waals surface area contributed by atoms with Gasteiger partial charge in [-0.2, -0.15) is 0 Å². The van der Waals surface area contributed by atoms with Crippen LogP contribution in [0.25, 0.3) is 0 Å². The maximum atomic E-state index is 12.2. The van der Waals surface area contributed by atoms with E-state index in [1.54, 1.807) is 19.1 Å². The fraction of sp³-hybridized carbons (Fsp3) is 0.250. The zero-order valence-corrected chi connectivity index (χ0v) is 14.7. The van der Waals surface area contributed by atoms with E-state index in [2.05, 4.69) is 4.72 Å². The normalized spacial score (nSPS) is 11.4. The lowest BCUT2D eigenvalue weighted by molar-refractivity contribution is 0.318. The van der Waals surface area contributed by atoms with E-state index in [1.165, 1.54) is 24.3 Å². The molecule has 0 atom stereocenters. The van der Waals surface area contributed by atoms with Crippen molar-refractivity contribution in [3.63, 3.8) is 0 Å². The predicted octanol–water partition coefficient (Wildman–Crippen LogP) is 2.55. The number of nitrogens with two attached hydrogens (primary N) is 1. The Hall–Kier alpha value is -1.96. The molecule has 130 valence electrons. The molecule has 0 aliphatic rings. The standard InChI is InChI=1S/C16H19ClN2O4S/c1-2-23-15-10-11(9-14(17)16(15)20)7-8-19-24(21,22)13-5-3-12(18)4-6-13/h3-6,9-10,19-20H,2,7-8,18H2,1H3. The van der Waals surface area contributed by atoms with Crippen LogP contribution in [0.2, 0.25) is 5.02 Å². The number of anilines is 1. The van der Waals surface area contributed by atoms with Gasteiger partial charge in [-0.1, -0.05) is 11.6 Å². The Morgan fingerprint density at radius 1 is 1.25 bits per heavy atom. The smallest absolute Gasteiger partial charge is 0.240 e. The second-order valence-electron chi connectivity index (χ2n) is 5.07. The molecule has 0 unspecified atom stereocenters. The van der Waals surface area contributed by atoms with E-state index in [9.17, 15) is 13.5 Å². The van der Waals surface area contributed by atoms with Crippen LogP contribution in [0.1, 0.15) is 12.5 Å². The van der Waals surface area contributed by atoms with Gasteiger partial charge in [0.05, 0.1) is 16.5 Å². The van der Waals surface area contributed by atoms with Gasteiger partial charge in [-0.3, -0.25) is 0 Å². The number of sulfonamides is 1. The molecular weight excluding hydrogens is 352 g/mol. The van der Waals surface area contributed by atoms with Crippen LogP contribution in [-0.4, -0.2) is 26.7 Å². The molecule has 0 amide bonds. The molecule has 2 aromatic carbocycles. The number of halogens is 1. The molecule has 0 aromatic heterocycles. The lowest BCUT2D eigenvalue weighted by Crippen LogP contribution is -2.26. The molecule has 0 spiro atoms. The van der Waals surface area contributed by atoms with Crippen LogP contribution in [0.15, 0.2) is 41.3 Å². The highest BCUT2D eigenvalue weighted by Crippen LogP contribution is 2.35. The number of hydrogen-bond acceptors (Lipinski definition) is 5. The summed E-state index contributed by atoms with van der Waals surface area (Å²) in [5.74, 6) is 0.158. The lowest BCUT2D eigenvalue weighted by Gasteiger charge is -2.11. The molecule has 0 aliphatic heterocycles. The summed E-state index contributed by atoms with van der Waals surface area (Å²) in [4.78, 5) is 0.149. The van der Waals surface area contributed by atoms with Gasteiger partial charge in [0.25, 0.3) is 0 Å². The second-order valence-corrected chi connectivity index (χ2v) is 7.25. The molecule has 2 rings (SSSR count). The zero-order chi connectivity index (χ0) is 17.7. The fourth-order valence-corrected chi connectivity index (χ4v) is 3.36. The number of ether oxygens (including phenoxy) is 1.